The summed E-state index contributed by atoms with van der Waals surface area (Å²) in [7, 11) is 1.95. The molecule has 0 spiro atoms. The third-order valence-electron chi connectivity index (χ3n) is 5.41. The van der Waals surface area contributed by atoms with Gasteiger partial charge in [-0.3, -0.25) is 0 Å². The van der Waals surface area contributed by atoms with Crippen molar-refractivity contribution in [3.8, 4) is 0 Å². The second-order valence-corrected chi connectivity index (χ2v) is 7.55. The number of carboxylic acid groups (broad SMARTS) is 1. The maximum atomic E-state index is 11.2. The SMILES string of the molecule is C=CCC(C)(C/C=C/c1cccc(C(=O)O)c1)c1c(NC)ccc2ccccc12. The van der Waals surface area contributed by atoms with Crippen LogP contribution in [0, 0.1) is 0 Å². The minimum absolute atomic E-state index is 0.151. The van der Waals surface area contributed by atoms with Gasteiger partial charge in [0.2, 0.25) is 0 Å². The first-order chi connectivity index (χ1) is 14.0. The topological polar surface area (TPSA) is 49.3 Å². The molecule has 3 rings (SSSR count). The largest absolute Gasteiger partial charge is 0.478 e. The van der Waals surface area contributed by atoms with E-state index in [1.165, 1.54) is 16.3 Å². The molecule has 3 aromatic carbocycles. The van der Waals surface area contributed by atoms with E-state index >= 15 is 0 Å². The van der Waals surface area contributed by atoms with Gasteiger partial charge in [-0.1, -0.05) is 67.6 Å². The molecule has 0 aromatic heterocycles. The predicted molar refractivity (Wildman–Crippen MR) is 123 cm³/mol. The lowest BCUT2D eigenvalue weighted by molar-refractivity contribution is 0.0697. The first-order valence-corrected chi connectivity index (χ1v) is 9.79. The number of aromatic carboxylic acids is 1. The molecule has 0 saturated heterocycles. The molecule has 0 saturated carbocycles. The Labute approximate surface area is 172 Å². The summed E-state index contributed by atoms with van der Waals surface area (Å²) in [4.78, 5) is 11.2. The Morgan fingerprint density at radius 2 is 1.90 bits per heavy atom. The zero-order valence-electron chi connectivity index (χ0n) is 17.0. The van der Waals surface area contributed by atoms with Gasteiger partial charge < -0.3 is 10.4 Å². The monoisotopic (exact) mass is 385 g/mol. The summed E-state index contributed by atoms with van der Waals surface area (Å²) in [5, 5.41) is 15.0. The van der Waals surface area contributed by atoms with Crippen LogP contribution in [0.3, 0.4) is 0 Å². The summed E-state index contributed by atoms with van der Waals surface area (Å²) in [6.45, 7) is 6.25. The number of hydrogen-bond acceptors (Lipinski definition) is 2. The van der Waals surface area contributed by atoms with Gasteiger partial charge in [0, 0.05) is 18.2 Å². The van der Waals surface area contributed by atoms with Crippen LogP contribution in [0.15, 0.2) is 79.4 Å². The van der Waals surface area contributed by atoms with Gasteiger partial charge >= 0.3 is 5.97 Å². The van der Waals surface area contributed by atoms with Crippen LogP contribution < -0.4 is 5.32 Å². The predicted octanol–water partition coefficient (Wildman–Crippen LogP) is 6.52. The average molecular weight is 386 g/mol. The van der Waals surface area contributed by atoms with E-state index in [-0.39, 0.29) is 5.41 Å². The lowest BCUT2D eigenvalue weighted by Crippen LogP contribution is -2.22. The van der Waals surface area contributed by atoms with E-state index in [0.29, 0.717) is 5.56 Å². The first-order valence-electron chi connectivity index (χ1n) is 9.79. The zero-order chi connectivity index (χ0) is 20.9. The van der Waals surface area contributed by atoms with E-state index in [0.717, 1.165) is 24.1 Å². The molecule has 0 radical (unpaired) electrons. The Kier molecular flexibility index (Phi) is 6.18. The quantitative estimate of drug-likeness (QED) is 0.434. The Hall–Kier alpha value is -3.33. The van der Waals surface area contributed by atoms with E-state index in [2.05, 4.69) is 61.3 Å². The van der Waals surface area contributed by atoms with Crippen molar-refractivity contribution < 1.29 is 9.90 Å². The van der Waals surface area contributed by atoms with Crippen molar-refractivity contribution in [2.24, 2.45) is 0 Å². The fraction of sp³-hybridized carbons (Fsp3) is 0.192. The van der Waals surface area contributed by atoms with Crippen molar-refractivity contribution in [3.05, 3.63) is 96.1 Å². The Morgan fingerprint density at radius 1 is 1.10 bits per heavy atom. The molecule has 0 fully saturated rings. The third-order valence-corrected chi connectivity index (χ3v) is 5.41. The molecule has 2 N–H and O–H groups in total. The standard InChI is InChI=1S/C26H27NO2/c1-4-16-26(2,17-8-10-19-9-7-12-21(18-19)25(28)29)24-22-13-6-5-11-20(22)14-15-23(24)27-3/h4-15,18,27H,1,16-17H2,2-3H3,(H,28,29)/b10-8+. The Bertz CT molecular complexity index is 1070. The van der Waals surface area contributed by atoms with Gasteiger partial charge in [0.1, 0.15) is 0 Å². The van der Waals surface area contributed by atoms with Crippen LogP contribution in [-0.2, 0) is 5.41 Å². The van der Waals surface area contributed by atoms with Crippen molar-refractivity contribution in [1.82, 2.24) is 0 Å². The van der Waals surface area contributed by atoms with E-state index < -0.39 is 5.97 Å². The van der Waals surface area contributed by atoms with Gasteiger partial charge in [-0.15, -0.1) is 6.58 Å². The second kappa shape index (κ2) is 8.78. The molecule has 0 bridgehead atoms. The summed E-state index contributed by atoms with van der Waals surface area (Å²) < 4.78 is 0. The summed E-state index contributed by atoms with van der Waals surface area (Å²) in [5.41, 5.74) is 3.43. The number of rotatable bonds is 8. The van der Waals surface area contributed by atoms with Crippen molar-refractivity contribution in [2.45, 2.75) is 25.2 Å². The van der Waals surface area contributed by atoms with E-state index in [9.17, 15) is 9.90 Å². The van der Waals surface area contributed by atoms with E-state index in [1.54, 1.807) is 18.2 Å². The summed E-state index contributed by atoms with van der Waals surface area (Å²) in [5.74, 6) is -0.911. The number of allylic oxidation sites excluding steroid dienone is 2. The van der Waals surface area contributed by atoms with Crippen molar-refractivity contribution in [2.75, 3.05) is 12.4 Å². The number of fused-ring (bicyclic) bond motifs is 1. The highest BCUT2D eigenvalue weighted by Gasteiger charge is 2.28. The van der Waals surface area contributed by atoms with Crippen LogP contribution in [0.1, 0.15) is 41.3 Å². The number of benzene rings is 3. The molecule has 0 aliphatic rings. The van der Waals surface area contributed by atoms with Crippen LogP contribution >= 0.6 is 0 Å². The highest BCUT2D eigenvalue weighted by atomic mass is 16.4. The van der Waals surface area contributed by atoms with Gasteiger partial charge in [-0.05, 0) is 52.9 Å². The first kappa shape index (κ1) is 20.4. The van der Waals surface area contributed by atoms with Gasteiger partial charge in [-0.25, -0.2) is 4.79 Å². The fourth-order valence-corrected chi connectivity index (χ4v) is 3.97. The van der Waals surface area contributed by atoms with E-state index in [4.69, 9.17) is 0 Å². The molecular weight excluding hydrogens is 358 g/mol. The van der Waals surface area contributed by atoms with Crippen molar-refractivity contribution in [1.29, 1.82) is 0 Å². The van der Waals surface area contributed by atoms with E-state index in [1.807, 2.05) is 25.3 Å². The van der Waals surface area contributed by atoms with Gasteiger partial charge in [0.05, 0.1) is 5.56 Å². The summed E-state index contributed by atoms with van der Waals surface area (Å²) in [6.07, 6.45) is 7.73. The second-order valence-electron chi connectivity index (χ2n) is 7.55. The molecular formula is C26H27NO2. The highest BCUT2D eigenvalue weighted by Crippen LogP contribution is 2.41. The summed E-state index contributed by atoms with van der Waals surface area (Å²) in [6, 6.07) is 19.7. The average Bonchev–Trinajstić information content (AvgIpc) is 2.73. The van der Waals surface area contributed by atoms with Gasteiger partial charge in [0.25, 0.3) is 0 Å². The van der Waals surface area contributed by atoms with Gasteiger partial charge in [0.15, 0.2) is 0 Å². The van der Waals surface area contributed by atoms with Crippen LogP contribution in [0.5, 0.6) is 0 Å². The minimum atomic E-state index is -0.911. The van der Waals surface area contributed by atoms with Crippen molar-refractivity contribution in [3.63, 3.8) is 0 Å². The summed E-state index contributed by atoms with van der Waals surface area (Å²) >= 11 is 0. The van der Waals surface area contributed by atoms with Crippen LogP contribution in [0.25, 0.3) is 16.8 Å². The Morgan fingerprint density at radius 3 is 2.62 bits per heavy atom. The molecule has 0 heterocycles. The third kappa shape index (κ3) is 4.40. The normalized spacial score (nSPS) is 13.3. The maximum Gasteiger partial charge on any atom is 0.335 e. The van der Waals surface area contributed by atoms with Crippen LogP contribution in [0.4, 0.5) is 5.69 Å². The molecule has 1 unspecified atom stereocenters. The number of carbonyl (C=O) groups is 1. The molecule has 148 valence electrons. The highest BCUT2D eigenvalue weighted by molar-refractivity contribution is 5.91. The molecule has 0 amide bonds. The molecule has 3 aromatic rings. The molecule has 3 nitrogen and oxygen atoms in total. The zero-order valence-corrected chi connectivity index (χ0v) is 17.0. The van der Waals surface area contributed by atoms with Gasteiger partial charge in [-0.2, -0.15) is 0 Å². The molecule has 3 heteroatoms. The van der Waals surface area contributed by atoms with Crippen LogP contribution in [0.2, 0.25) is 0 Å². The minimum Gasteiger partial charge on any atom is -0.478 e. The maximum absolute atomic E-state index is 11.2. The fourth-order valence-electron chi connectivity index (χ4n) is 3.97. The lowest BCUT2D eigenvalue weighted by atomic mass is 9.73. The molecule has 29 heavy (non-hydrogen) atoms. The number of anilines is 1. The number of carboxylic acids is 1. The molecule has 0 aliphatic carbocycles. The number of hydrogen-bond donors (Lipinski definition) is 2. The van der Waals surface area contributed by atoms with Crippen molar-refractivity contribution >= 4 is 28.5 Å². The van der Waals surface area contributed by atoms with Crippen LogP contribution in [-0.4, -0.2) is 18.1 Å². The number of nitrogens with one attached hydrogen (secondary N) is 1. The smallest absolute Gasteiger partial charge is 0.335 e. The Balaban J connectivity index is 2.01. The lowest BCUT2D eigenvalue weighted by Gasteiger charge is -2.31. The molecule has 0 aliphatic heterocycles. The molecule has 1 atom stereocenters.